The molecular formula is C24H23N3O5S. The van der Waals surface area contributed by atoms with Gasteiger partial charge in [-0.2, -0.15) is 0 Å². The first kappa shape index (κ1) is 22.5. The van der Waals surface area contributed by atoms with Crippen LogP contribution in [0.2, 0.25) is 0 Å². The maximum atomic E-state index is 12.6. The van der Waals surface area contributed by atoms with Crippen molar-refractivity contribution in [1.29, 1.82) is 0 Å². The van der Waals surface area contributed by atoms with Gasteiger partial charge in [-0.05, 0) is 40.2 Å². The summed E-state index contributed by atoms with van der Waals surface area (Å²) in [4.78, 5) is 36.1. The van der Waals surface area contributed by atoms with Gasteiger partial charge >= 0.3 is 12.1 Å². The van der Waals surface area contributed by atoms with Crippen LogP contribution in [0.5, 0.6) is 0 Å². The number of alkyl carbamates (subject to hydrolysis) is 1. The number of ether oxygens (including phenoxy) is 1. The highest BCUT2D eigenvalue weighted by molar-refractivity contribution is 7.03. The minimum atomic E-state index is -1.05. The molecule has 0 saturated heterocycles. The number of nitrogens with zero attached hydrogens (tertiary/aromatic N) is 1. The number of benzene rings is 2. The number of carboxylic acids is 1. The van der Waals surface area contributed by atoms with Crippen molar-refractivity contribution in [1.82, 2.24) is 15.0 Å². The van der Waals surface area contributed by atoms with E-state index in [0.717, 1.165) is 27.8 Å². The van der Waals surface area contributed by atoms with E-state index in [4.69, 9.17) is 9.84 Å². The Labute approximate surface area is 194 Å². The zero-order valence-electron chi connectivity index (χ0n) is 17.7. The highest BCUT2D eigenvalue weighted by Gasteiger charge is 2.30. The molecule has 4 rings (SSSR count). The Kier molecular flexibility index (Phi) is 6.99. The molecule has 1 aliphatic carbocycles. The summed E-state index contributed by atoms with van der Waals surface area (Å²) < 4.78 is 9.46. The molecule has 3 aromatic rings. The van der Waals surface area contributed by atoms with E-state index in [2.05, 4.69) is 15.0 Å². The van der Waals surface area contributed by atoms with Crippen LogP contribution < -0.4 is 10.6 Å². The van der Waals surface area contributed by atoms with E-state index in [0.29, 0.717) is 0 Å². The summed E-state index contributed by atoms with van der Waals surface area (Å²) in [6, 6.07) is 15.0. The Morgan fingerprint density at radius 1 is 1.06 bits per heavy atom. The van der Waals surface area contributed by atoms with Gasteiger partial charge in [-0.3, -0.25) is 9.59 Å². The third-order valence-corrected chi connectivity index (χ3v) is 6.18. The monoisotopic (exact) mass is 465 g/mol. The molecule has 9 heteroatoms. The topological polar surface area (TPSA) is 118 Å². The zero-order valence-corrected chi connectivity index (χ0v) is 18.5. The van der Waals surface area contributed by atoms with Gasteiger partial charge in [0.1, 0.15) is 12.6 Å². The standard InChI is InChI=1S/C24H23N3O5S/c28-22(29)10-9-21(23(30)25-11-15-12-26-33-14-15)27-24(31)32-13-20-18-7-3-1-5-16(18)17-6-2-4-8-19(17)20/h1-8,12,14,20-21H,9-11,13H2,(H,25,30)(H,27,31)(H,28,29). The van der Waals surface area contributed by atoms with Gasteiger partial charge in [0.25, 0.3) is 0 Å². The second-order valence-corrected chi connectivity index (χ2v) is 8.36. The number of aromatic nitrogens is 1. The van der Waals surface area contributed by atoms with Crippen molar-refractivity contribution in [3.8, 4) is 11.1 Å². The van der Waals surface area contributed by atoms with E-state index < -0.39 is 24.0 Å². The Morgan fingerprint density at radius 2 is 1.73 bits per heavy atom. The number of carboxylic acid groups (broad SMARTS) is 1. The van der Waals surface area contributed by atoms with Gasteiger partial charge < -0.3 is 20.5 Å². The average Bonchev–Trinajstić information content (AvgIpc) is 3.45. The number of hydrogen-bond donors (Lipinski definition) is 3. The van der Waals surface area contributed by atoms with Gasteiger partial charge in [0.05, 0.1) is 0 Å². The van der Waals surface area contributed by atoms with Crippen LogP contribution >= 0.6 is 11.5 Å². The zero-order chi connectivity index (χ0) is 23.2. The molecule has 1 unspecified atom stereocenters. The van der Waals surface area contributed by atoms with Crippen molar-refractivity contribution < 1.29 is 24.2 Å². The smallest absolute Gasteiger partial charge is 0.407 e. The van der Waals surface area contributed by atoms with Gasteiger partial charge in [0, 0.05) is 36.0 Å². The molecule has 2 aromatic carbocycles. The van der Waals surface area contributed by atoms with Crippen LogP contribution in [-0.2, 0) is 20.9 Å². The molecular weight excluding hydrogens is 442 g/mol. The van der Waals surface area contributed by atoms with Gasteiger partial charge in [0.2, 0.25) is 5.91 Å². The predicted octanol–water partition coefficient (Wildman–Crippen LogP) is 3.53. The first-order valence-corrected chi connectivity index (χ1v) is 11.4. The summed E-state index contributed by atoms with van der Waals surface area (Å²) in [5.74, 6) is -1.64. The maximum Gasteiger partial charge on any atom is 0.407 e. The Hall–Kier alpha value is -3.72. The quantitative estimate of drug-likeness (QED) is 0.445. The first-order valence-electron chi connectivity index (χ1n) is 10.5. The summed E-state index contributed by atoms with van der Waals surface area (Å²) in [6.07, 6.45) is 0.560. The van der Waals surface area contributed by atoms with Crippen molar-refractivity contribution in [2.45, 2.75) is 31.3 Å². The number of aliphatic carboxylic acids is 1. The highest BCUT2D eigenvalue weighted by Crippen LogP contribution is 2.44. The fourth-order valence-corrected chi connectivity index (χ4v) is 4.48. The van der Waals surface area contributed by atoms with Gasteiger partial charge in [0.15, 0.2) is 0 Å². The van der Waals surface area contributed by atoms with Crippen LogP contribution in [0, 0.1) is 0 Å². The largest absolute Gasteiger partial charge is 0.481 e. The fourth-order valence-electron chi connectivity index (χ4n) is 3.95. The van der Waals surface area contributed by atoms with E-state index in [-0.39, 0.29) is 31.9 Å². The molecule has 3 N–H and O–H groups in total. The first-order chi connectivity index (χ1) is 16.0. The minimum Gasteiger partial charge on any atom is -0.481 e. The Bertz CT molecular complexity index is 1100. The summed E-state index contributed by atoms with van der Waals surface area (Å²) in [5.41, 5.74) is 5.21. The summed E-state index contributed by atoms with van der Waals surface area (Å²) in [6.45, 7) is 0.346. The van der Waals surface area contributed by atoms with E-state index in [1.54, 1.807) is 11.6 Å². The van der Waals surface area contributed by atoms with E-state index in [1.165, 1.54) is 11.5 Å². The number of amides is 2. The average molecular weight is 466 g/mol. The number of fused-ring (bicyclic) bond motifs is 3. The Balaban J connectivity index is 1.39. The molecule has 33 heavy (non-hydrogen) atoms. The molecule has 1 aromatic heterocycles. The summed E-state index contributed by atoms with van der Waals surface area (Å²) in [5, 5.41) is 16.0. The summed E-state index contributed by atoms with van der Waals surface area (Å²) in [7, 11) is 0. The van der Waals surface area contributed by atoms with Gasteiger partial charge in [-0.25, -0.2) is 9.17 Å². The maximum absolute atomic E-state index is 12.6. The molecule has 170 valence electrons. The lowest BCUT2D eigenvalue weighted by molar-refractivity contribution is -0.137. The molecule has 2 amide bonds. The third-order valence-electron chi connectivity index (χ3n) is 5.55. The second-order valence-electron chi connectivity index (χ2n) is 7.71. The number of nitrogens with one attached hydrogen (secondary N) is 2. The molecule has 0 bridgehead atoms. The van der Waals surface area contributed by atoms with Crippen LogP contribution in [0.4, 0.5) is 4.79 Å². The second kappa shape index (κ2) is 10.3. The van der Waals surface area contributed by atoms with Crippen LogP contribution in [0.15, 0.2) is 60.1 Å². The highest BCUT2D eigenvalue weighted by atomic mass is 32.1. The number of carbonyl (C=O) groups excluding carboxylic acids is 2. The van der Waals surface area contributed by atoms with Gasteiger partial charge in [-0.15, -0.1) is 0 Å². The van der Waals surface area contributed by atoms with E-state index in [9.17, 15) is 14.4 Å². The lowest BCUT2D eigenvalue weighted by Crippen LogP contribution is -2.47. The van der Waals surface area contributed by atoms with Crippen LogP contribution in [-0.4, -0.2) is 40.1 Å². The normalized spacial score (nSPS) is 13.0. The molecule has 8 nitrogen and oxygen atoms in total. The predicted molar refractivity (Wildman–Crippen MR) is 123 cm³/mol. The van der Waals surface area contributed by atoms with Crippen LogP contribution in [0.25, 0.3) is 11.1 Å². The SMILES string of the molecule is O=C(O)CCC(NC(=O)OCC1c2ccccc2-c2ccccc21)C(=O)NCc1cnsc1. The van der Waals surface area contributed by atoms with Crippen molar-refractivity contribution in [3.63, 3.8) is 0 Å². The number of rotatable bonds is 9. The van der Waals surface area contributed by atoms with Crippen molar-refractivity contribution in [2.24, 2.45) is 0 Å². The molecule has 1 atom stereocenters. The van der Waals surface area contributed by atoms with E-state index >= 15 is 0 Å². The van der Waals surface area contributed by atoms with Crippen molar-refractivity contribution >= 4 is 29.5 Å². The minimum absolute atomic E-state index is 0.0484. The lowest BCUT2D eigenvalue weighted by Gasteiger charge is -2.19. The van der Waals surface area contributed by atoms with Crippen LogP contribution in [0.1, 0.15) is 35.4 Å². The van der Waals surface area contributed by atoms with Gasteiger partial charge in [-0.1, -0.05) is 48.5 Å². The fraction of sp³-hybridized carbons (Fsp3) is 0.250. The number of carbonyl (C=O) groups is 3. The molecule has 0 saturated carbocycles. The molecule has 0 radical (unpaired) electrons. The number of hydrogen-bond acceptors (Lipinski definition) is 6. The molecule has 1 aliphatic rings. The summed E-state index contributed by atoms with van der Waals surface area (Å²) >= 11 is 1.26. The molecule has 1 heterocycles. The van der Waals surface area contributed by atoms with Crippen molar-refractivity contribution in [2.75, 3.05) is 6.61 Å². The van der Waals surface area contributed by atoms with Crippen molar-refractivity contribution in [3.05, 3.63) is 76.8 Å². The third kappa shape index (κ3) is 5.38. The Morgan fingerprint density at radius 3 is 2.33 bits per heavy atom. The molecule has 0 spiro atoms. The van der Waals surface area contributed by atoms with E-state index in [1.807, 2.05) is 48.5 Å². The van der Waals surface area contributed by atoms with Crippen LogP contribution in [0.3, 0.4) is 0 Å². The molecule has 0 aliphatic heterocycles. The lowest BCUT2D eigenvalue weighted by atomic mass is 9.98. The molecule has 0 fully saturated rings.